The number of carbonyl (C=O) groups excluding carboxylic acids is 1. The second kappa shape index (κ2) is 16.8. The van der Waals surface area contributed by atoms with Crippen molar-refractivity contribution in [2.24, 2.45) is 5.41 Å². The highest BCUT2D eigenvalue weighted by atomic mass is 32.2. The Balaban J connectivity index is 0.862. The molecule has 17 heteroatoms. The highest BCUT2D eigenvalue weighted by molar-refractivity contribution is 7.90. The number of nitro groups is 1. The maximum absolute atomic E-state index is 14.0. The number of piperidine rings is 1. The van der Waals surface area contributed by atoms with E-state index in [1.54, 1.807) is 30.5 Å². The molecule has 0 bridgehead atoms. The van der Waals surface area contributed by atoms with E-state index in [-0.39, 0.29) is 41.4 Å². The molecule has 6 heterocycles. The fourth-order valence-electron chi connectivity index (χ4n) is 10.4. The molecule has 16 nitrogen and oxygen atoms in total. The SMILES string of the molecule is C=C(C)c1ccccc1[C@@H]1CCCN1C1CC2(CCN(c3ccc(C(=O)NS(=O)(=O)c4cc5c(c([N+](=O)[O-])c4)N[C@@H]([C@H]4COCCO4)CO5)c(Oc4cnc5[nH]ccc5c4)c3)CC2)C1. The molecule has 5 aromatic rings. The van der Waals surface area contributed by atoms with Crippen LogP contribution in [-0.2, 0) is 19.5 Å². The number of benzene rings is 3. The molecule has 3 N–H and O–H groups in total. The van der Waals surface area contributed by atoms with Crippen molar-refractivity contribution in [3.63, 3.8) is 0 Å². The summed E-state index contributed by atoms with van der Waals surface area (Å²) in [7, 11) is -4.66. The average Bonchev–Trinajstić information content (AvgIpc) is 3.98. The molecule has 2 aromatic heterocycles. The number of rotatable bonds is 11. The minimum Gasteiger partial charge on any atom is -0.489 e. The summed E-state index contributed by atoms with van der Waals surface area (Å²) < 4.78 is 53.3. The minimum atomic E-state index is -4.66. The van der Waals surface area contributed by atoms with Gasteiger partial charge in [-0.2, -0.15) is 0 Å². The van der Waals surface area contributed by atoms with Gasteiger partial charge in [0.25, 0.3) is 21.6 Å². The number of ether oxygens (including phenoxy) is 4. The lowest BCUT2D eigenvalue weighted by molar-refractivity contribution is -0.384. The highest BCUT2D eigenvalue weighted by Gasteiger charge is 2.50. The number of likely N-dealkylation sites (tertiary alicyclic amines) is 1. The number of aromatic amines is 1. The van der Waals surface area contributed by atoms with Gasteiger partial charge in [-0.25, -0.2) is 18.1 Å². The molecule has 3 saturated heterocycles. The number of H-pyrrole nitrogens is 1. The van der Waals surface area contributed by atoms with Gasteiger partial charge in [0, 0.05) is 60.6 Å². The number of nitrogens with zero attached hydrogens (tertiary/aromatic N) is 4. The van der Waals surface area contributed by atoms with Crippen molar-refractivity contribution in [2.45, 2.75) is 74.6 Å². The Labute approximate surface area is 371 Å². The van der Waals surface area contributed by atoms with Crippen LogP contribution in [0.1, 0.15) is 73.0 Å². The summed E-state index contributed by atoms with van der Waals surface area (Å²) in [5.41, 5.74) is 4.98. The van der Waals surface area contributed by atoms with Gasteiger partial charge in [0.1, 0.15) is 29.9 Å². The predicted octanol–water partition coefficient (Wildman–Crippen LogP) is 7.59. The first kappa shape index (κ1) is 42.0. The van der Waals surface area contributed by atoms with Crippen molar-refractivity contribution >= 4 is 49.6 Å². The zero-order valence-corrected chi connectivity index (χ0v) is 36.4. The number of aromatic nitrogens is 2. The zero-order chi connectivity index (χ0) is 44.2. The molecular weight excluding hydrogens is 839 g/mol. The van der Waals surface area contributed by atoms with E-state index in [0.717, 1.165) is 67.7 Å². The number of carbonyl (C=O) groups is 1. The van der Waals surface area contributed by atoms with Gasteiger partial charge in [-0.3, -0.25) is 19.8 Å². The van der Waals surface area contributed by atoms with E-state index >= 15 is 0 Å². The predicted molar refractivity (Wildman–Crippen MR) is 241 cm³/mol. The number of fused-ring (bicyclic) bond motifs is 2. The van der Waals surface area contributed by atoms with Crippen LogP contribution < -0.4 is 24.4 Å². The molecule has 1 amide bonds. The summed E-state index contributed by atoms with van der Waals surface area (Å²) in [6, 6.07) is 20.0. The van der Waals surface area contributed by atoms with E-state index in [2.05, 4.69) is 67.6 Å². The van der Waals surface area contributed by atoms with Crippen LogP contribution in [0, 0.1) is 15.5 Å². The number of amides is 1. The summed E-state index contributed by atoms with van der Waals surface area (Å²) in [5, 5.41) is 16.2. The first-order chi connectivity index (χ1) is 30.9. The van der Waals surface area contributed by atoms with Crippen LogP contribution in [-0.4, -0.2) is 98.4 Å². The summed E-state index contributed by atoms with van der Waals surface area (Å²) >= 11 is 0. The first-order valence-electron chi connectivity index (χ1n) is 21.9. The van der Waals surface area contributed by atoms with Gasteiger partial charge in [-0.05, 0) is 92.8 Å². The Bertz CT molecular complexity index is 2740. The minimum absolute atomic E-state index is 0.0152. The van der Waals surface area contributed by atoms with Crippen LogP contribution >= 0.6 is 0 Å². The van der Waals surface area contributed by atoms with Crippen LogP contribution in [0.5, 0.6) is 17.2 Å². The highest BCUT2D eigenvalue weighted by Crippen LogP contribution is 2.54. The van der Waals surface area contributed by atoms with Crippen LogP contribution in [0.3, 0.4) is 0 Å². The van der Waals surface area contributed by atoms with Gasteiger partial charge in [-0.15, -0.1) is 0 Å². The fourth-order valence-corrected chi connectivity index (χ4v) is 11.4. The van der Waals surface area contributed by atoms with Gasteiger partial charge in [0.15, 0.2) is 11.4 Å². The van der Waals surface area contributed by atoms with Crippen molar-refractivity contribution in [2.75, 3.05) is 56.3 Å². The van der Waals surface area contributed by atoms with E-state index in [1.165, 1.54) is 36.6 Å². The molecule has 3 aromatic carbocycles. The number of anilines is 2. The molecule has 3 atom stereocenters. The van der Waals surface area contributed by atoms with E-state index in [1.807, 2.05) is 6.07 Å². The van der Waals surface area contributed by atoms with E-state index in [0.29, 0.717) is 36.7 Å². The van der Waals surface area contributed by atoms with Crippen LogP contribution in [0.2, 0.25) is 0 Å². The molecule has 1 aliphatic carbocycles. The third-order valence-electron chi connectivity index (χ3n) is 13.7. The van der Waals surface area contributed by atoms with Crippen LogP contribution in [0.15, 0.2) is 90.6 Å². The number of hydrogen-bond acceptors (Lipinski definition) is 13. The Morgan fingerprint density at radius 1 is 1.03 bits per heavy atom. The summed E-state index contributed by atoms with van der Waals surface area (Å²) in [5.74, 6) is -0.537. The fraction of sp³-hybridized carbons (Fsp3) is 0.404. The molecule has 5 aliphatic rings. The maximum Gasteiger partial charge on any atom is 0.297 e. The Morgan fingerprint density at radius 3 is 2.64 bits per heavy atom. The molecule has 1 spiro atoms. The van der Waals surface area contributed by atoms with E-state index in [4.69, 9.17) is 18.9 Å². The quantitative estimate of drug-likeness (QED) is 0.0870. The van der Waals surface area contributed by atoms with Crippen molar-refractivity contribution in [3.05, 3.63) is 113 Å². The van der Waals surface area contributed by atoms with Gasteiger partial charge >= 0.3 is 0 Å². The number of nitrogens with one attached hydrogen (secondary N) is 3. The molecule has 334 valence electrons. The van der Waals surface area contributed by atoms with Crippen molar-refractivity contribution in [1.29, 1.82) is 0 Å². The standard InChI is InChI=1S/C47H51N7O9S/c1-29(2)35-6-3-4-7-36(35)39-8-5-15-53(39)32-24-47(25-32)12-16-52(17-13-47)31-9-10-37(41(21-31)63-33-20-30-11-14-48-45(30)49-26-33)46(55)51-64(58,59)34-22-40(54(56)57)44-42(23-34)62-27-38(50-44)43-28-60-18-19-61-43/h3-4,6-7,9-11,14,20-23,26,32,38-39,43,50H,1,5,8,12-13,15-19,24-25,27-28H2,2H3,(H,48,49)(H,51,55)/t38-,39+,43-/m1/s1. The molecule has 0 unspecified atom stereocenters. The second-order valence-electron chi connectivity index (χ2n) is 17.7. The summed E-state index contributed by atoms with van der Waals surface area (Å²) in [6.07, 6.45) is 9.64. The van der Waals surface area contributed by atoms with Crippen molar-refractivity contribution in [1.82, 2.24) is 19.6 Å². The number of sulfonamides is 1. The normalized spacial score (nSPS) is 22.3. The average molecular weight is 890 g/mol. The van der Waals surface area contributed by atoms with Crippen molar-refractivity contribution in [3.8, 4) is 17.2 Å². The van der Waals surface area contributed by atoms with Gasteiger partial charge in [0.05, 0.1) is 47.4 Å². The van der Waals surface area contributed by atoms with Crippen LogP contribution in [0.4, 0.5) is 17.1 Å². The molecule has 1 saturated carbocycles. The molecule has 10 rings (SSSR count). The lowest BCUT2D eigenvalue weighted by Crippen LogP contribution is -2.54. The Kier molecular flexibility index (Phi) is 11.0. The molecular formula is C47H51N7O9S. The molecule has 0 radical (unpaired) electrons. The van der Waals surface area contributed by atoms with Gasteiger partial charge in [0.2, 0.25) is 0 Å². The number of allylic oxidation sites excluding steroid dienone is 1. The molecule has 64 heavy (non-hydrogen) atoms. The third kappa shape index (κ3) is 8.05. The number of pyridine rings is 1. The van der Waals surface area contributed by atoms with Crippen molar-refractivity contribution < 1.29 is 37.1 Å². The lowest BCUT2D eigenvalue weighted by atomic mass is 9.59. The number of hydrogen-bond donors (Lipinski definition) is 3. The smallest absolute Gasteiger partial charge is 0.297 e. The maximum atomic E-state index is 14.0. The Morgan fingerprint density at radius 2 is 1.86 bits per heavy atom. The van der Waals surface area contributed by atoms with Crippen LogP contribution in [0.25, 0.3) is 16.6 Å². The topological polar surface area (TPSA) is 190 Å². The van der Waals surface area contributed by atoms with E-state index < -0.39 is 43.6 Å². The largest absolute Gasteiger partial charge is 0.489 e. The second-order valence-corrected chi connectivity index (χ2v) is 19.4. The van der Waals surface area contributed by atoms with Gasteiger partial charge < -0.3 is 34.1 Å². The Hall–Kier alpha value is -6.01. The first-order valence-corrected chi connectivity index (χ1v) is 23.4. The zero-order valence-electron chi connectivity index (χ0n) is 35.6. The monoisotopic (exact) mass is 889 g/mol. The summed E-state index contributed by atoms with van der Waals surface area (Å²) in [4.78, 5) is 37.6. The lowest BCUT2D eigenvalue weighted by Gasteiger charge is -2.56. The molecule has 4 aliphatic heterocycles. The number of nitro benzene ring substituents is 1. The summed E-state index contributed by atoms with van der Waals surface area (Å²) in [6.45, 7) is 10.2. The molecule has 4 fully saturated rings. The third-order valence-corrected chi connectivity index (χ3v) is 15.0. The van der Waals surface area contributed by atoms with Gasteiger partial charge in [-0.1, -0.05) is 36.4 Å². The van der Waals surface area contributed by atoms with E-state index in [9.17, 15) is 23.3 Å².